The fourth-order valence-corrected chi connectivity index (χ4v) is 3.55. The van der Waals surface area contributed by atoms with Gasteiger partial charge in [-0.3, -0.25) is 4.79 Å². The number of rotatable bonds is 10. The van der Waals surface area contributed by atoms with Gasteiger partial charge in [-0.25, -0.2) is 4.39 Å². The Balaban J connectivity index is 1.65. The molecular formula is C19H28FNO3S. The maximum atomic E-state index is 13.5. The third-order valence-electron chi connectivity index (χ3n) is 4.11. The van der Waals surface area contributed by atoms with Crippen molar-refractivity contribution < 1.29 is 18.7 Å². The van der Waals surface area contributed by atoms with Gasteiger partial charge in [0.1, 0.15) is 11.9 Å². The second-order valence-corrected chi connectivity index (χ2v) is 7.67. The van der Waals surface area contributed by atoms with Gasteiger partial charge < -0.3 is 14.8 Å². The quantitative estimate of drug-likeness (QED) is 0.642. The molecule has 0 unspecified atom stereocenters. The number of halogens is 1. The van der Waals surface area contributed by atoms with Crippen molar-refractivity contribution in [1.82, 2.24) is 5.32 Å². The van der Waals surface area contributed by atoms with Crippen molar-refractivity contribution in [3.8, 4) is 0 Å². The molecule has 1 N–H and O–H groups in total. The first-order valence-corrected chi connectivity index (χ1v) is 10.1. The van der Waals surface area contributed by atoms with Crippen molar-refractivity contribution in [2.24, 2.45) is 5.92 Å². The molecule has 1 heterocycles. The van der Waals surface area contributed by atoms with Gasteiger partial charge in [0, 0.05) is 24.7 Å². The van der Waals surface area contributed by atoms with E-state index in [1.807, 2.05) is 19.9 Å². The maximum Gasteiger partial charge on any atom is 0.249 e. The Labute approximate surface area is 153 Å². The zero-order valence-corrected chi connectivity index (χ0v) is 15.8. The molecule has 1 fully saturated rings. The lowest BCUT2D eigenvalue weighted by molar-refractivity contribution is -0.138. The fraction of sp³-hybridized carbons (Fsp3) is 0.632. The molecule has 1 amide bonds. The van der Waals surface area contributed by atoms with Crippen molar-refractivity contribution in [2.75, 3.05) is 25.5 Å². The summed E-state index contributed by atoms with van der Waals surface area (Å²) in [4.78, 5) is 12.3. The molecule has 2 atom stereocenters. The molecule has 6 heteroatoms. The lowest BCUT2D eigenvalue weighted by Gasteiger charge is -2.22. The number of thioether (sulfide) groups is 1. The molecule has 140 valence electrons. The predicted octanol–water partition coefficient (Wildman–Crippen LogP) is 3.40. The Morgan fingerprint density at radius 1 is 1.44 bits per heavy atom. The number of hydrogen-bond acceptors (Lipinski definition) is 4. The van der Waals surface area contributed by atoms with Gasteiger partial charge in [0.15, 0.2) is 0 Å². The van der Waals surface area contributed by atoms with E-state index in [2.05, 4.69) is 5.32 Å². The number of carbonyl (C=O) groups excluding carboxylic acids is 1. The molecule has 1 aliphatic heterocycles. The topological polar surface area (TPSA) is 47.6 Å². The summed E-state index contributed by atoms with van der Waals surface area (Å²) in [6.45, 7) is 5.76. The first kappa shape index (κ1) is 20.2. The second kappa shape index (κ2) is 10.8. The highest BCUT2D eigenvalue weighted by Crippen LogP contribution is 2.16. The monoisotopic (exact) mass is 369 g/mol. The van der Waals surface area contributed by atoms with E-state index in [4.69, 9.17) is 9.47 Å². The van der Waals surface area contributed by atoms with Crippen LogP contribution in [0.5, 0.6) is 0 Å². The zero-order chi connectivity index (χ0) is 18.1. The summed E-state index contributed by atoms with van der Waals surface area (Å²) in [5.41, 5.74) is 0.693. The summed E-state index contributed by atoms with van der Waals surface area (Å²) in [5, 5.41) is 2.92. The minimum atomic E-state index is -0.458. The smallest absolute Gasteiger partial charge is 0.249 e. The van der Waals surface area contributed by atoms with E-state index in [1.165, 1.54) is 6.07 Å². The second-order valence-electron chi connectivity index (χ2n) is 6.57. The van der Waals surface area contributed by atoms with Crippen molar-refractivity contribution in [1.29, 1.82) is 0 Å². The van der Waals surface area contributed by atoms with E-state index >= 15 is 0 Å². The first-order chi connectivity index (χ1) is 12.1. The summed E-state index contributed by atoms with van der Waals surface area (Å²) in [6.07, 6.45) is 1.72. The average molecular weight is 370 g/mol. The van der Waals surface area contributed by atoms with Crippen molar-refractivity contribution in [2.45, 2.75) is 44.6 Å². The summed E-state index contributed by atoms with van der Waals surface area (Å²) in [6, 6.07) is 6.77. The molecular weight excluding hydrogens is 341 g/mol. The third kappa shape index (κ3) is 6.96. The van der Waals surface area contributed by atoms with Crippen LogP contribution < -0.4 is 5.32 Å². The van der Waals surface area contributed by atoms with Crippen LogP contribution in [0.2, 0.25) is 0 Å². The largest absolute Gasteiger partial charge is 0.376 e. The van der Waals surface area contributed by atoms with Crippen molar-refractivity contribution in [3.63, 3.8) is 0 Å². The highest BCUT2D eigenvalue weighted by atomic mass is 32.2. The Hall–Kier alpha value is -1.11. The van der Waals surface area contributed by atoms with Crippen LogP contribution in [-0.2, 0) is 20.0 Å². The Bertz CT molecular complexity index is 535. The van der Waals surface area contributed by atoms with Crippen molar-refractivity contribution >= 4 is 17.7 Å². The first-order valence-electron chi connectivity index (χ1n) is 8.90. The molecule has 0 saturated carbocycles. The molecule has 2 rings (SSSR count). The van der Waals surface area contributed by atoms with Gasteiger partial charge in [0.05, 0.1) is 12.7 Å². The van der Waals surface area contributed by atoms with Crippen LogP contribution in [0.4, 0.5) is 4.39 Å². The van der Waals surface area contributed by atoms with Crippen LogP contribution in [0.3, 0.4) is 0 Å². The van der Waals surface area contributed by atoms with E-state index in [1.54, 1.807) is 23.9 Å². The van der Waals surface area contributed by atoms with Gasteiger partial charge in [0.2, 0.25) is 5.91 Å². The molecule has 1 saturated heterocycles. The Morgan fingerprint density at radius 2 is 2.24 bits per heavy atom. The number of benzene rings is 1. The number of nitrogens with one attached hydrogen (secondary N) is 1. The number of amides is 1. The minimum Gasteiger partial charge on any atom is -0.376 e. The molecule has 1 aromatic rings. The Morgan fingerprint density at radius 3 is 2.92 bits per heavy atom. The Kier molecular flexibility index (Phi) is 8.72. The maximum absolute atomic E-state index is 13.5. The molecule has 0 radical (unpaired) electrons. The summed E-state index contributed by atoms with van der Waals surface area (Å²) in [5.74, 6) is 1.18. The van der Waals surface area contributed by atoms with E-state index in [9.17, 15) is 9.18 Å². The minimum absolute atomic E-state index is 0.0838. The van der Waals surface area contributed by atoms with Crippen LogP contribution >= 0.6 is 11.8 Å². The molecule has 0 spiro atoms. The SMILES string of the molecule is CC(C)[C@H](OC[C@@H]1CCCO1)C(=O)NCCSCc1ccccc1F. The number of hydrogen-bond donors (Lipinski definition) is 1. The van der Waals surface area contributed by atoms with Gasteiger partial charge in [-0.2, -0.15) is 11.8 Å². The predicted molar refractivity (Wildman–Crippen MR) is 99.1 cm³/mol. The van der Waals surface area contributed by atoms with Crippen LogP contribution in [0.25, 0.3) is 0 Å². The fourth-order valence-electron chi connectivity index (χ4n) is 2.70. The molecule has 4 nitrogen and oxygen atoms in total. The van der Waals surface area contributed by atoms with Crippen LogP contribution in [0.15, 0.2) is 24.3 Å². The molecule has 1 aliphatic rings. The van der Waals surface area contributed by atoms with E-state index in [0.29, 0.717) is 24.5 Å². The summed E-state index contributed by atoms with van der Waals surface area (Å²) >= 11 is 1.60. The van der Waals surface area contributed by atoms with Gasteiger partial charge in [-0.15, -0.1) is 0 Å². The highest BCUT2D eigenvalue weighted by molar-refractivity contribution is 7.98. The van der Waals surface area contributed by atoms with Crippen LogP contribution in [0.1, 0.15) is 32.3 Å². The van der Waals surface area contributed by atoms with Gasteiger partial charge >= 0.3 is 0 Å². The molecule has 0 aliphatic carbocycles. The molecule has 1 aromatic carbocycles. The van der Waals surface area contributed by atoms with Crippen LogP contribution in [-0.4, -0.2) is 43.6 Å². The van der Waals surface area contributed by atoms with Crippen LogP contribution in [0, 0.1) is 11.7 Å². The summed E-state index contributed by atoms with van der Waals surface area (Å²) < 4.78 is 24.9. The third-order valence-corrected chi connectivity index (χ3v) is 5.12. The summed E-state index contributed by atoms with van der Waals surface area (Å²) in [7, 11) is 0. The lowest BCUT2D eigenvalue weighted by Crippen LogP contribution is -2.41. The van der Waals surface area contributed by atoms with E-state index in [-0.39, 0.29) is 23.7 Å². The number of carbonyl (C=O) groups is 1. The number of ether oxygens (including phenoxy) is 2. The molecule has 0 aromatic heterocycles. The highest BCUT2D eigenvalue weighted by Gasteiger charge is 2.25. The van der Waals surface area contributed by atoms with Gasteiger partial charge in [-0.1, -0.05) is 32.0 Å². The average Bonchev–Trinajstić information content (AvgIpc) is 3.09. The van der Waals surface area contributed by atoms with E-state index < -0.39 is 6.10 Å². The van der Waals surface area contributed by atoms with Gasteiger partial charge in [-0.05, 0) is 30.4 Å². The standard InChI is InChI=1S/C19H28FNO3S/c1-14(2)18(24-12-16-7-5-10-23-16)19(22)21-9-11-25-13-15-6-3-4-8-17(15)20/h3-4,6,8,14,16,18H,5,7,9-13H2,1-2H3,(H,21,22)/t16-,18-/m0/s1. The zero-order valence-electron chi connectivity index (χ0n) is 15.0. The lowest BCUT2D eigenvalue weighted by atomic mass is 10.1. The molecule has 25 heavy (non-hydrogen) atoms. The molecule has 0 bridgehead atoms. The van der Waals surface area contributed by atoms with Crippen molar-refractivity contribution in [3.05, 3.63) is 35.6 Å². The normalized spacial score (nSPS) is 18.5. The van der Waals surface area contributed by atoms with Gasteiger partial charge in [0.25, 0.3) is 0 Å². The van der Waals surface area contributed by atoms with E-state index in [0.717, 1.165) is 25.2 Å².